The third-order valence-electron chi connectivity index (χ3n) is 3.76. The van der Waals surface area contributed by atoms with Gasteiger partial charge in [-0.3, -0.25) is 0 Å². The first-order valence-corrected chi connectivity index (χ1v) is 7.97. The third kappa shape index (κ3) is 2.30. The number of nitrogens with one attached hydrogen (secondary N) is 1. The molecule has 3 heteroatoms. The molecule has 1 aromatic heterocycles. The van der Waals surface area contributed by atoms with Crippen molar-refractivity contribution in [3.63, 3.8) is 0 Å². The highest BCUT2D eigenvalue weighted by Crippen LogP contribution is 2.35. The molecule has 0 bridgehead atoms. The Kier molecular flexibility index (Phi) is 3.20. The highest BCUT2D eigenvalue weighted by molar-refractivity contribution is 7.25. The van der Waals surface area contributed by atoms with E-state index in [9.17, 15) is 0 Å². The Labute approximate surface area is 133 Å². The lowest BCUT2D eigenvalue weighted by atomic mass is 10.1. The Hall–Kier alpha value is -2.52. The Morgan fingerprint density at radius 2 is 1.50 bits per heavy atom. The number of methoxy groups -OCH3 is 1. The summed E-state index contributed by atoms with van der Waals surface area (Å²) in [4.78, 5) is 0. The van der Waals surface area contributed by atoms with E-state index in [0.29, 0.717) is 0 Å². The van der Waals surface area contributed by atoms with Gasteiger partial charge in [0.25, 0.3) is 0 Å². The van der Waals surface area contributed by atoms with Crippen molar-refractivity contribution >= 4 is 42.9 Å². The molecule has 0 unspecified atom stereocenters. The van der Waals surface area contributed by atoms with E-state index in [-0.39, 0.29) is 0 Å². The topological polar surface area (TPSA) is 21.3 Å². The maximum absolute atomic E-state index is 5.18. The molecule has 0 aliphatic heterocycles. The highest BCUT2D eigenvalue weighted by Gasteiger charge is 2.05. The predicted molar refractivity (Wildman–Crippen MR) is 95.6 cm³/mol. The third-order valence-corrected chi connectivity index (χ3v) is 4.89. The molecule has 0 spiro atoms. The summed E-state index contributed by atoms with van der Waals surface area (Å²) in [5.41, 5.74) is 2.16. The molecule has 0 saturated heterocycles. The molecular formula is C19H15NOS. The highest BCUT2D eigenvalue weighted by atomic mass is 32.1. The summed E-state index contributed by atoms with van der Waals surface area (Å²) < 4.78 is 7.82. The first kappa shape index (κ1) is 13.2. The molecule has 1 N–H and O–H groups in total. The minimum absolute atomic E-state index is 0.866. The Bertz CT molecular complexity index is 941. The van der Waals surface area contributed by atoms with E-state index < -0.39 is 0 Å². The summed E-state index contributed by atoms with van der Waals surface area (Å²) in [7, 11) is 1.68. The van der Waals surface area contributed by atoms with Crippen molar-refractivity contribution in [1.82, 2.24) is 0 Å². The first-order valence-electron chi connectivity index (χ1n) is 7.16. The molecule has 0 aliphatic carbocycles. The second-order valence-electron chi connectivity index (χ2n) is 5.16. The summed E-state index contributed by atoms with van der Waals surface area (Å²) >= 11 is 1.83. The number of fused-ring (bicyclic) bond motifs is 3. The summed E-state index contributed by atoms with van der Waals surface area (Å²) in [6.45, 7) is 0. The van der Waals surface area contributed by atoms with Gasteiger partial charge in [0.2, 0.25) is 0 Å². The molecular weight excluding hydrogens is 290 g/mol. The second-order valence-corrected chi connectivity index (χ2v) is 6.25. The van der Waals surface area contributed by atoms with Crippen molar-refractivity contribution < 1.29 is 4.74 Å². The van der Waals surface area contributed by atoms with Crippen LogP contribution in [-0.4, -0.2) is 7.11 Å². The van der Waals surface area contributed by atoms with Crippen LogP contribution in [0.1, 0.15) is 0 Å². The minimum atomic E-state index is 0.866. The van der Waals surface area contributed by atoms with E-state index in [1.807, 2.05) is 35.6 Å². The number of rotatable bonds is 3. The van der Waals surface area contributed by atoms with Crippen LogP contribution in [0.5, 0.6) is 5.75 Å². The van der Waals surface area contributed by atoms with Gasteiger partial charge >= 0.3 is 0 Å². The molecule has 0 aliphatic rings. The monoisotopic (exact) mass is 305 g/mol. The number of hydrogen-bond donors (Lipinski definition) is 1. The summed E-state index contributed by atoms with van der Waals surface area (Å²) in [6.07, 6.45) is 0. The average Bonchev–Trinajstić information content (AvgIpc) is 2.93. The number of benzene rings is 3. The van der Waals surface area contributed by atoms with Crippen LogP contribution in [0.15, 0.2) is 66.7 Å². The van der Waals surface area contributed by atoms with Crippen LogP contribution in [0.2, 0.25) is 0 Å². The average molecular weight is 305 g/mol. The van der Waals surface area contributed by atoms with Crippen LogP contribution in [0.3, 0.4) is 0 Å². The van der Waals surface area contributed by atoms with Crippen LogP contribution >= 0.6 is 11.3 Å². The first-order chi connectivity index (χ1) is 10.8. The van der Waals surface area contributed by atoms with E-state index in [1.165, 1.54) is 20.2 Å². The van der Waals surface area contributed by atoms with Crippen molar-refractivity contribution in [2.24, 2.45) is 0 Å². The van der Waals surface area contributed by atoms with Gasteiger partial charge in [-0.05, 0) is 42.5 Å². The molecule has 0 amide bonds. The van der Waals surface area contributed by atoms with Crippen LogP contribution in [0, 0.1) is 0 Å². The fourth-order valence-electron chi connectivity index (χ4n) is 2.64. The van der Waals surface area contributed by atoms with E-state index in [1.54, 1.807) is 7.11 Å². The number of thiophene rings is 1. The minimum Gasteiger partial charge on any atom is -0.497 e. The quantitative estimate of drug-likeness (QED) is 0.516. The van der Waals surface area contributed by atoms with Gasteiger partial charge in [-0.1, -0.05) is 24.3 Å². The van der Waals surface area contributed by atoms with Gasteiger partial charge in [-0.2, -0.15) is 0 Å². The van der Waals surface area contributed by atoms with Crippen LogP contribution in [0.4, 0.5) is 11.4 Å². The molecule has 4 aromatic rings. The maximum atomic E-state index is 5.18. The lowest BCUT2D eigenvalue weighted by Crippen LogP contribution is -1.90. The Morgan fingerprint density at radius 1 is 0.773 bits per heavy atom. The maximum Gasteiger partial charge on any atom is 0.119 e. The van der Waals surface area contributed by atoms with Gasteiger partial charge in [0.05, 0.1) is 7.11 Å². The van der Waals surface area contributed by atoms with E-state index in [4.69, 9.17) is 4.74 Å². The van der Waals surface area contributed by atoms with Crippen molar-refractivity contribution in [2.45, 2.75) is 0 Å². The fraction of sp³-hybridized carbons (Fsp3) is 0.0526. The number of hydrogen-bond acceptors (Lipinski definition) is 3. The summed E-state index contributed by atoms with van der Waals surface area (Å²) in [6, 6.07) is 23.0. The molecule has 108 valence electrons. The zero-order valence-corrected chi connectivity index (χ0v) is 13.0. The van der Waals surface area contributed by atoms with Gasteiger partial charge in [0.1, 0.15) is 5.75 Å². The lowest BCUT2D eigenvalue weighted by molar-refractivity contribution is 0.415. The van der Waals surface area contributed by atoms with Crippen LogP contribution < -0.4 is 10.1 Å². The SMILES string of the molecule is COc1ccc(Nc2ccc3c(c2)sc2ccccc23)cc1. The summed E-state index contributed by atoms with van der Waals surface area (Å²) in [5, 5.41) is 6.10. The lowest BCUT2D eigenvalue weighted by Gasteiger charge is -2.07. The van der Waals surface area contributed by atoms with E-state index >= 15 is 0 Å². The smallest absolute Gasteiger partial charge is 0.119 e. The van der Waals surface area contributed by atoms with Gasteiger partial charge in [-0.25, -0.2) is 0 Å². The van der Waals surface area contributed by atoms with Crippen molar-refractivity contribution in [1.29, 1.82) is 0 Å². The Morgan fingerprint density at radius 3 is 2.32 bits per heavy atom. The number of ether oxygens (including phenoxy) is 1. The van der Waals surface area contributed by atoms with Crippen molar-refractivity contribution in [3.05, 3.63) is 66.7 Å². The molecule has 0 radical (unpaired) electrons. The zero-order valence-electron chi connectivity index (χ0n) is 12.2. The predicted octanol–water partition coefficient (Wildman–Crippen LogP) is 5.81. The van der Waals surface area contributed by atoms with Gasteiger partial charge < -0.3 is 10.1 Å². The standard InChI is InChI=1S/C19H15NOS/c1-21-15-9-6-13(7-10-15)20-14-8-11-17-16-4-2-3-5-18(16)22-19(17)12-14/h2-12,20H,1H3. The van der Waals surface area contributed by atoms with Crippen LogP contribution in [0.25, 0.3) is 20.2 Å². The van der Waals surface area contributed by atoms with Gasteiger partial charge in [0.15, 0.2) is 0 Å². The molecule has 0 saturated carbocycles. The zero-order chi connectivity index (χ0) is 14.9. The summed E-state index contributed by atoms with van der Waals surface area (Å²) in [5.74, 6) is 0.866. The normalized spacial score (nSPS) is 11.0. The Balaban J connectivity index is 1.71. The molecule has 0 atom stereocenters. The van der Waals surface area contributed by atoms with Crippen LogP contribution in [-0.2, 0) is 0 Å². The molecule has 3 aromatic carbocycles. The molecule has 4 rings (SSSR count). The van der Waals surface area contributed by atoms with Gasteiger partial charge in [0, 0.05) is 31.5 Å². The van der Waals surface area contributed by atoms with E-state index in [0.717, 1.165) is 17.1 Å². The fourth-order valence-corrected chi connectivity index (χ4v) is 3.79. The van der Waals surface area contributed by atoms with Crippen molar-refractivity contribution in [2.75, 3.05) is 12.4 Å². The molecule has 0 fully saturated rings. The number of anilines is 2. The van der Waals surface area contributed by atoms with Gasteiger partial charge in [-0.15, -0.1) is 11.3 Å². The molecule has 1 heterocycles. The second kappa shape index (κ2) is 5.35. The largest absolute Gasteiger partial charge is 0.497 e. The van der Waals surface area contributed by atoms with E-state index in [2.05, 4.69) is 47.8 Å². The molecule has 22 heavy (non-hydrogen) atoms. The van der Waals surface area contributed by atoms with Crippen molar-refractivity contribution in [3.8, 4) is 5.75 Å². The molecule has 2 nitrogen and oxygen atoms in total.